The summed E-state index contributed by atoms with van der Waals surface area (Å²) >= 11 is 0. The van der Waals surface area contributed by atoms with Gasteiger partial charge in [-0.3, -0.25) is 9.18 Å². The zero-order valence-corrected chi connectivity index (χ0v) is 7.44. The van der Waals surface area contributed by atoms with Crippen LogP contribution in [0.2, 0.25) is 0 Å². The molecule has 0 aliphatic heterocycles. The largest absolute Gasteiger partial charge is 0.478 e. The lowest BCUT2D eigenvalue weighted by atomic mass is 10.2. The summed E-state index contributed by atoms with van der Waals surface area (Å²) in [4.78, 5) is 21.7. The maximum absolute atomic E-state index is 11.8. The van der Waals surface area contributed by atoms with Gasteiger partial charge in [-0.2, -0.15) is 0 Å². The van der Waals surface area contributed by atoms with Crippen LogP contribution < -0.4 is 5.56 Å². The van der Waals surface area contributed by atoms with Gasteiger partial charge in [0.15, 0.2) is 0 Å². The van der Waals surface area contributed by atoms with Gasteiger partial charge in [0, 0.05) is 18.8 Å². The number of halogens is 1. The van der Waals surface area contributed by atoms with Crippen molar-refractivity contribution < 1.29 is 14.3 Å². The first kappa shape index (κ1) is 10.4. The Morgan fingerprint density at radius 1 is 1.57 bits per heavy atom. The van der Waals surface area contributed by atoms with Crippen molar-refractivity contribution in [2.45, 2.75) is 13.0 Å². The fourth-order valence-electron chi connectivity index (χ4n) is 1.06. The first-order chi connectivity index (χ1) is 6.65. The quantitative estimate of drug-likeness (QED) is 0.783. The molecule has 0 fully saturated rings. The molecule has 0 amide bonds. The Morgan fingerprint density at radius 3 is 2.79 bits per heavy atom. The molecule has 0 saturated heterocycles. The normalized spacial score (nSPS) is 10.1. The van der Waals surface area contributed by atoms with E-state index >= 15 is 0 Å². The zero-order valence-electron chi connectivity index (χ0n) is 7.44. The number of nitrogens with zero attached hydrogens (tertiary/aromatic N) is 1. The molecule has 14 heavy (non-hydrogen) atoms. The van der Waals surface area contributed by atoms with Crippen molar-refractivity contribution in [2.75, 3.05) is 6.67 Å². The van der Waals surface area contributed by atoms with Gasteiger partial charge in [0.1, 0.15) is 0 Å². The standard InChI is InChI=1S/C9H10FNO3/c10-3-1-4-11-5-2-7(9(13)14)6-8(11)12/h2,5-6H,1,3-4H2,(H,13,14). The molecule has 0 unspecified atom stereocenters. The van der Waals surface area contributed by atoms with Crippen LogP contribution in [0.4, 0.5) is 4.39 Å². The molecule has 0 spiro atoms. The third-order valence-electron chi connectivity index (χ3n) is 1.78. The Labute approximate surface area is 79.6 Å². The smallest absolute Gasteiger partial charge is 0.335 e. The van der Waals surface area contributed by atoms with Crippen LogP contribution in [0.1, 0.15) is 16.8 Å². The molecule has 0 radical (unpaired) electrons. The average Bonchev–Trinajstić information content (AvgIpc) is 2.15. The molecule has 0 atom stereocenters. The third-order valence-corrected chi connectivity index (χ3v) is 1.78. The SMILES string of the molecule is O=C(O)c1ccn(CCCF)c(=O)c1. The van der Waals surface area contributed by atoms with Gasteiger partial charge in [-0.15, -0.1) is 0 Å². The fourth-order valence-corrected chi connectivity index (χ4v) is 1.06. The molecule has 0 aliphatic rings. The van der Waals surface area contributed by atoms with Crippen LogP contribution >= 0.6 is 0 Å². The highest BCUT2D eigenvalue weighted by Gasteiger charge is 2.04. The van der Waals surface area contributed by atoms with E-state index in [1.807, 2.05) is 0 Å². The van der Waals surface area contributed by atoms with Crippen LogP contribution in [0, 0.1) is 0 Å². The highest BCUT2D eigenvalue weighted by molar-refractivity contribution is 5.87. The van der Waals surface area contributed by atoms with Crippen LogP contribution in [0.3, 0.4) is 0 Å². The number of carboxylic acid groups (broad SMARTS) is 1. The second kappa shape index (κ2) is 4.55. The Hall–Kier alpha value is -1.65. The monoisotopic (exact) mass is 199 g/mol. The summed E-state index contributed by atoms with van der Waals surface area (Å²) in [7, 11) is 0. The van der Waals surface area contributed by atoms with Gasteiger partial charge in [0.25, 0.3) is 5.56 Å². The summed E-state index contributed by atoms with van der Waals surface area (Å²) < 4.78 is 13.1. The highest BCUT2D eigenvalue weighted by Crippen LogP contribution is 1.95. The molecule has 76 valence electrons. The third kappa shape index (κ3) is 2.42. The molecular formula is C9H10FNO3. The van der Waals surface area contributed by atoms with Gasteiger partial charge >= 0.3 is 5.97 Å². The van der Waals surface area contributed by atoms with E-state index in [1.54, 1.807) is 0 Å². The second-order valence-electron chi connectivity index (χ2n) is 2.79. The van der Waals surface area contributed by atoms with Gasteiger partial charge in [0.2, 0.25) is 0 Å². The number of rotatable bonds is 4. The summed E-state index contributed by atoms with van der Waals surface area (Å²) in [6, 6.07) is 2.35. The molecule has 0 saturated carbocycles. The van der Waals surface area contributed by atoms with Gasteiger partial charge in [-0.25, -0.2) is 4.79 Å². The molecule has 1 aromatic heterocycles. The van der Waals surface area contributed by atoms with Crippen molar-refractivity contribution in [1.82, 2.24) is 4.57 Å². The number of aromatic carboxylic acids is 1. The van der Waals surface area contributed by atoms with E-state index in [1.165, 1.54) is 16.8 Å². The van der Waals surface area contributed by atoms with Crippen molar-refractivity contribution in [3.8, 4) is 0 Å². The molecule has 0 bridgehead atoms. The van der Waals surface area contributed by atoms with Gasteiger partial charge in [0.05, 0.1) is 12.2 Å². The molecule has 1 N–H and O–H groups in total. The molecule has 5 heteroatoms. The number of aryl methyl sites for hydroxylation is 1. The lowest BCUT2D eigenvalue weighted by molar-refractivity contribution is 0.0696. The van der Waals surface area contributed by atoms with E-state index in [4.69, 9.17) is 5.11 Å². The van der Waals surface area contributed by atoms with Crippen molar-refractivity contribution in [1.29, 1.82) is 0 Å². The summed E-state index contributed by atoms with van der Waals surface area (Å²) in [5.74, 6) is -1.14. The summed E-state index contributed by atoms with van der Waals surface area (Å²) in [6.45, 7) is -0.220. The lowest BCUT2D eigenvalue weighted by Gasteiger charge is -2.03. The van der Waals surface area contributed by atoms with E-state index in [0.717, 1.165) is 6.07 Å². The minimum atomic E-state index is -1.14. The Bertz CT molecular complexity index is 386. The number of alkyl halides is 1. The number of aromatic nitrogens is 1. The van der Waals surface area contributed by atoms with Crippen molar-refractivity contribution in [3.63, 3.8) is 0 Å². The first-order valence-corrected chi connectivity index (χ1v) is 4.15. The van der Waals surface area contributed by atoms with E-state index in [2.05, 4.69) is 0 Å². The number of pyridine rings is 1. The van der Waals surface area contributed by atoms with E-state index in [9.17, 15) is 14.0 Å². The van der Waals surface area contributed by atoms with Gasteiger partial charge in [-0.1, -0.05) is 0 Å². The number of carbonyl (C=O) groups is 1. The van der Waals surface area contributed by atoms with Crippen molar-refractivity contribution in [3.05, 3.63) is 34.2 Å². The Balaban J connectivity index is 2.90. The molecule has 4 nitrogen and oxygen atoms in total. The topological polar surface area (TPSA) is 59.3 Å². The highest BCUT2D eigenvalue weighted by atomic mass is 19.1. The van der Waals surface area contributed by atoms with E-state index in [-0.39, 0.29) is 18.5 Å². The maximum Gasteiger partial charge on any atom is 0.335 e. The minimum absolute atomic E-state index is 0.0495. The summed E-state index contributed by atoms with van der Waals surface area (Å²) in [6.07, 6.45) is 1.62. The lowest BCUT2D eigenvalue weighted by Crippen LogP contribution is -2.20. The van der Waals surface area contributed by atoms with E-state index < -0.39 is 18.2 Å². The van der Waals surface area contributed by atoms with Crippen LogP contribution in [0.25, 0.3) is 0 Å². The maximum atomic E-state index is 11.8. The van der Waals surface area contributed by atoms with Crippen LogP contribution in [-0.4, -0.2) is 22.3 Å². The second-order valence-corrected chi connectivity index (χ2v) is 2.79. The molecule has 1 rings (SSSR count). The summed E-state index contributed by atoms with van der Waals surface area (Å²) in [5.41, 5.74) is -0.468. The number of hydrogen-bond acceptors (Lipinski definition) is 2. The van der Waals surface area contributed by atoms with Crippen LogP contribution in [0.15, 0.2) is 23.1 Å². The van der Waals surface area contributed by atoms with Crippen molar-refractivity contribution >= 4 is 5.97 Å². The number of carboxylic acids is 1. The van der Waals surface area contributed by atoms with Crippen LogP contribution in [-0.2, 0) is 6.54 Å². The molecule has 1 heterocycles. The fraction of sp³-hybridized carbons (Fsp3) is 0.333. The minimum Gasteiger partial charge on any atom is -0.478 e. The van der Waals surface area contributed by atoms with E-state index in [0.29, 0.717) is 0 Å². The van der Waals surface area contributed by atoms with Crippen LogP contribution in [0.5, 0.6) is 0 Å². The summed E-state index contributed by atoms with van der Waals surface area (Å²) in [5, 5.41) is 8.57. The van der Waals surface area contributed by atoms with Gasteiger partial charge in [-0.05, 0) is 12.5 Å². The Morgan fingerprint density at radius 2 is 2.29 bits per heavy atom. The van der Waals surface area contributed by atoms with Crippen molar-refractivity contribution in [2.24, 2.45) is 0 Å². The Kier molecular flexibility index (Phi) is 3.39. The molecule has 0 aromatic carbocycles. The first-order valence-electron chi connectivity index (χ1n) is 4.15. The predicted octanol–water partition coefficient (Wildman–Crippen LogP) is 0.906. The molecule has 1 aromatic rings. The average molecular weight is 199 g/mol. The molecule has 0 aliphatic carbocycles. The number of hydrogen-bond donors (Lipinski definition) is 1. The van der Waals surface area contributed by atoms with Gasteiger partial charge < -0.3 is 9.67 Å². The predicted molar refractivity (Wildman–Crippen MR) is 48.3 cm³/mol. The zero-order chi connectivity index (χ0) is 10.6. The molecular weight excluding hydrogens is 189 g/mol.